The van der Waals surface area contributed by atoms with E-state index >= 15 is 0 Å². The van der Waals surface area contributed by atoms with Crippen LogP contribution in [0.25, 0.3) is 0 Å². The second-order valence-corrected chi connectivity index (χ2v) is 7.92. The van der Waals surface area contributed by atoms with Gasteiger partial charge in [-0.25, -0.2) is 12.7 Å². The molecule has 0 radical (unpaired) electrons. The van der Waals surface area contributed by atoms with Crippen molar-refractivity contribution in [3.8, 4) is 0 Å². The number of sulfonamides is 1. The zero-order valence-corrected chi connectivity index (χ0v) is 15.0. The average molecular weight is 347 g/mol. The molecule has 0 amide bonds. The molecule has 1 aromatic heterocycles. The third kappa shape index (κ3) is 3.80. The van der Waals surface area contributed by atoms with Crippen LogP contribution in [0.4, 0.5) is 0 Å². The third-order valence-corrected chi connectivity index (χ3v) is 5.16. The van der Waals surface area contributed by atoms with Crippen LogP contribution in [-0.4, -0.2) is 43.3 Å². The second kappa shape index (κ2) is 7.11. The number of nitrogens with zero attached hydrogens (tertiary/aromatic N) is 3. The first-order valence-corrected chi connectivity index (χ1v) is 8.96. The van der Waals surface area contributed by atoms with Gasteiger partial charge in [-0.3, -0.25) is 14.4 Å². The Morgan fingerprint density at radius 1 is 1.08 bits per heavy atom. The lowest BCUT2D eigenvalue weighted by atomic mass is 10.2. The molecule has 0 N–H and O–H groups in total. The van der Waals surface area contributed by atoms with Gasteiger partial charge in [0.05, 0.1) is 4.90 Å². The zero-order valence-electron chi connectivity index (χ0n) is 14.2. The van der Waals surface area contributed by atoms with E-state index in [1.807, 2.05) is 19.9 Å². The smallest absolute Gasteiger partial charge is 0.263 e. The molecule has 0 unspecified atom stereocenters. The largest absolute Gasteiger partial charge is 0.268 e. The Morgan fingerprint density at radius 2 is 1.71 bits per heavy atom. The predicted octanol–water partition coefficient (Wildman–Crippen LogP) is 1.74. The van der Waals surface area contributed by atoms with Gasteiger partial charge in [-0.15, -0.1) is 0 Å². The molecule has 6 nitrogen and oxygen atoms in total. The van der Waals surface area contributed by atoms with Gasteiger partial charge in [0.1, 0.15) is 5.49 Å². The predicted molar refractivity (Wildman–Crippen MR) is 92.2 cm³/mol. The molecule has 0 saturated carbocycles. The summed E-state index contributed by atoms with van der Waals surface area (Å²) in [6, 6.07) is 11.3. The number of hydrogen-bond acceptors (Lipinski definition) is 4. The van der Waals surface area contributed by atoms with E-state index in [9.17, 15) is 13.2 Å². The summed E-state index contributed by atoms with van der Waals surface area (Å²) in [7, 11) is -0.579. The minimum absolute atomic E-state index is 0.0547. The van der Waals surface area contributed by atoms with Gasteiger partial charge in [-0.2, -0.15) is 0 Å². The molecule has 0 atom stereocenters. The Morgan fingerprint density at radius 3 is 2.25 bits per heavy atom. The van der Waals surface area contributed by atoms with Crippen molar-refractivity contribution in [3.05, 3.63) is 59.7 Å². The van der Waals surface area contributed by atoms with Crippen molar-refractivity contribution in [2.24, 2.45) is 4.99 Å². The lowest BCUT2D eigenvalue weighted by Gasteiger charge is -2.12. The van der Waals surface area contributed by atoms with Crippen LogP contribution in [0.3, 0.4) is 0 Å². The Hall–Kier alpha value is -2.25. The number of benzene rings is 1. The van der Waals surface area contributed by atoms with Crippen molar-refractivity contribution in [2.45, 2.75) is 24.8 Å². The quantitative estimate of drug-likeness (QED) is 0.846. The number of aromatic nitrogens is 1. The van der Waals surface area contributed by atoms with Crippen molar-refractivity contribution in [1.82, 2.24) is 8.87 Å². The average Bonchev–Trinajstić information content (AvgIpc) is 2.54. The first-order chi connectivity index (χ1) is 11.2. The van der Waals surface area contributed by atoms with Crippen LogP contribution in [-0.2, 0) is 10.0 Å². The normalized spacial score (nSPS) is 12.8. The van der Waals surface area contributed by atoms with E-state index in [0.717, 1.165) is 4.31 Å². The molecule has 7 heteroatoms. The number of hydrogen-bond donors (Lipinski definition) is 0. The van der Waals surface area contributed by atoms with E-state index in [0.29, 0.717) is 11.1 Å². The molecule has 0 spiro atoms. The van der Waals surface area contributed by atoms with E-state index in [1.165, 1.54) is 42.9 Å². The van der Waals surface area contributed by atoms with Crippen LogP contribution in [0, 0.1) is 0 Å². The second-order valence-electron chi connectivity index (χ2n) is 5.77. The number of rotatable bonds is 4. The van der Waals surface area contributed by atoms with Gasteiger partial charge >= 0.3 is 0 Å². The van der Waals surface area contributed by atoms with Crippen LogP contribution in [0.1, 0.15) is 24.2 Å². The lowest BCUT2D eigenvalue weighted by Crippen LogP contribution is -2.28. The highest BCUT2D eigenvalue weighted by atomic mass is 32.2. The van der Waals surface area contributed by atoms with Gasteiger partial charge in [-0.05, 0) is 50.2 Å². The fourth-order valence-corrected chi connectivity index (χ4v) is 3.00. The molecule has 24 heavy (non-hydrogen) atoms. The van der Waals surface area contributed by atoms with Gasteiger partial charge in [-0.1, -0.05) is 6.07 Å². The lowest BCUT2D eigenvalue weighted by molar-refractivity contribution is 0.0954. The first kappa shape index (κ1) is 18.1. The fraction of sp³-hybridized carbons (Fsp3) is 0.294. The molecule has 0 aliphatic carbocycles. The van der Waals surface area contributed by atoms with Crippen molar-refractivity contribution < 1.29 is 13.2 Å². The molecule has 0 saturated heterocycles. The van der Waals surface area contributed by atoms with Gasteiger partial charge in [0.25, 0.3) is 5.91 Å². The molecule has 2 aromatic rings. The van der Waals surface area contributed by atoms with Gasteiger partial charge in [0.15, 0.2) is 0 Å². The topological polar surface area (TPSA) is 71.7 Å². The van der Waals surface area contributed by atoms with E-state index in [1.54, 1.807) is 18.3 Å². The highest BCUT2D eigenvalue weighted by molar-refractivity contribution is 7.89. The maximum absolute atomic E-state index is 12.7. The fourth-order valence-electron chi connectivity index (χ4n) is 2.09. The van der Waals surface area contributed by atoms with E-state index in [4.69, 9.17) is 0 Å². The summed E-state index contributed by atoms with van der Waals surface area (Å²) >= 11 is 0. The SMILES string of the molecule is CC(C)N=c1ccccn1C(=O)c1ccc(S(=O)(=O)N(C)C)cc1. The monoisotopic (exact) mass is 347 g/mol. The van der Waals surface area contributed by atoms with Gasteiger partial charge in [0, 0.05) is 31.9 Å². The molecule has 1 aromatic carbocycles. The first-order valence-electron chi connectivity index (χ1n) is 7.52. The zero-order chi connectivity index (χ0) is 17.9. The van der Waals surface area contributed by atoms with Gasteiger partial charge < -0.3 is 0 Å². The summed E-state index contributed by atoms with van der Waals surface area (Å²) in [5, 5.41) is 0. The maximum atomic E-state index is 12.7. The van der Waals surface area contributed by atoms with Crippen molar-refractivity contribution >= 4 is 15.9 Å². The Kier molecular flexibility index (Phi) is 5.36. The molecule has 0 bridgehead atoms. The van der Waals surface area contributed by atoms with Crippen LogP contribution in [0.5, 0.6) is 0 Å². The third-order valence-electron chi connectivity index (χ3n) is 3.33. The van der Waals surface area contributed by atoms with Crippen LogP contribution < -0.4 is 5.49 Å². The maximum Gasteiger partial charge on any atom is 0.263 e. The van der Waals surface area contributed by atoms with Crippen LogP contribution >= 0.6 is 0 Å². The summed E-state index contributed by atoms with van der Waals surface area (Å²) in [5.74, 6) is -0.260. The molecule has 1 heterocycles. The minimum Gasteiger partial charge on any atom is -0.268 e. The summed E-state index contributed by atoms with van der Waals surface area (Å²) in [4.78, 5) is 17.3. The molecule has 128 valence electrons. The molecule has 0 aliphatic rings. The van der Waals surface area contributed by atoms with Crippen LogP contribution in [0.15, 0.2) is 58.5 Å². The van der Waals surface area contributed by atoms with Crippen molar-refractivity contribution in [3.63, 3.8) is 0 Å². The van der Waals surface area contributed by atoms with E-state index in [2.05, 4.69) is 4.99 Å². The number of carbonyl (C=O) groups excluding carboxylic acids is 1. The Bertz CT molecular complexity index is 895. The van der Waals surface area contributed by atoms with Gasteiger partial charge in [0.2, 0.25) is 10.0 Å². The molecule has 2 rings (SSSR count). The van der Waals surface area contributed by atoms with E-state index < -0.39 is 10.0 Å². The summed E-state index contributed by atoms with van der Waals surface area (Å²) < 4.78 is 26.7. The van der Waals surface area contributed by atoms with E-state index in [-0.39, 0.29) is 16.8 Å². The highest BCUT2D eigenvalue weighted by Crippen LogP contribution is 2.14. The van der Waals surface area contributed by atoms with Crippen molar-refractivity contribution in [1.29, 1.82) is 0 Å². The van der Waals surface area contributed by atoms with Crippen LogP contribution in [0.2, 0.25) is 0 Å². The summed E-state index contributed by atoms with van der Waals surface area (Å²) in [6.07, 6.45) is 1.65. The Labute approximate surface area is 142 Å². The number of carbonyl (C=O) groups is 1. The van der Waals surface area contributed by atoms with Crippen molar-refractivity contribution in [2.75, 3.05) is 14.1 Å². The highest BCUT2D eigenvalue weighted by Gasteiger charge is 2.18. The molecule has 0 aliphatic heterocycles. The standard InChI is InChI=1S/C17H21N3O3S/c1-13(2)18-16-7-5-6-12-20(16)17(21)14-8-10-15(11-9-14)24(22,23)19(3)4/h5-13H,1-4H3. The Balaban J connectivity index is 2.43. The molecule has 0 fully saturated rings. The minimum atomic E-state index is -3.51. The summed E-state index contributed by atoms with van der Waals surface area (Å²) in [5.41, 5.74) is 0.951. The summed E-state index contributed by atoms with van der Waals surface area (Å²) in [6.45, 7) is 3.87. The molecular formula is C17H21N3O3S. The number of pyridine rings is 1. The molecular weight excluding hydrogens is 326 g/mol.